The molecule has 132 valence electrons. The van der Waals surface area contributed by atoms with Crippen molar-refractivity contribution in [3.63, 3.8) is 0 Å². The standard InChI is InChI=1S/C21H21IN4/c1-17(22)5-3-2-4-14-25-26(20-10-6-18(15-23)7-11-20)21-12-8-19(16-24)9-13-21/h2-13,15-16,23-25H,1,14H2/b4-2+,5-3-,23-15?,24-16?. The quantitative estimate of drug-likeness (QED) is 0.205. The van der Waals surface area contributed by atoms with Crippen molar-refractivity contribution in [3.05, 3.63) is 94.1 Å². The smallest absolute Gasteiger partial charge is 0.0578 e. The Kier molecular flexibility index (Phi) is 7.98. The number of hydrazine groups is 1. The number of halogens is 1. The predicted octanol–water partition coefficient (Wildman–Crippen LogP) is 5.39. The van der Waals surface area contributed by atoms with Crippen LogP contribution in [-0.4, -0.2) is 19.0 Å². The molecular weight excluding hydrogens is 435 g/mol. The molecule has 0 amide bonds. The van der Waals surface area contributed by atoms with Gasteiger partial charge in [0.25, 0.3) is 0 Å². The lowest BCUT2D eigenvalue weighted by Crippen LogP contribution is -2.33. The first-order valence-electron chi connectivity index (χ1n) is 8.06. The van der Waals surface area contributed by atoms with Gasteiger partial charge >= 0.3 is 0 Å². The van der Waals surface area contributed by atoms with E-state index in [1.54, 1.807) is 0 Å². The Bertz CT molecular complexity index is 753. The van der Waals surface area contributed by atoms with Gasteiger partial charge in [-0.3, -0.25) is 5.01 Å². The Labute approximate surface area is 168 Å². The Balaban J connectivity index is 2.18. The summed E-state index contributed by atoms with van der Waals surface area (Å²) in [5.74, 6) is 0. The first-order valence-corrected chi connectivity index (χ1v) is 9.14. The third kappa shape index (κ3) is 6.09. The molecule has 0 saturated carbocycles. The molecule has 2 rings (SSSR count). The van der Waals surface area contributed by atoms with Crippen molar-refractivity contribution in [2.24, 2.45) is 0 Å². The van der Waals surface area contributed by atoms with E-state index in [1.807, 2.05) is 77.8 Å². The molecule has 0 spiro atoms. The second-order valence-corrected chi connectivity index (χ2v) is 6.79. The van der Waals surface area contributed by atoms with Gasteiger partial charge in [-0.2, -0.15) is 0 Å². The van der Waals surface area contributed by atoms with E-state index in [0.717, 1.165) is 26.1 Å². The van der Waals surface area contributed by atoms with Crippen molar-refractivity contribution in [2.75, 3.05) is 11.6 Å². The third-order valence-electron chi connectivity index (χ3n) is 3.53. The highest BCUT2D eigenvalue weighted by atomic mass is 127. The summed E-state index contributed by atoms with van der Waals surface area (Å²) in [6.07, 6.45) is 10.6. The van der Waals surface area contributed by atoms with Crippen LogP contribution in [0, 0.1) is 10.8 Å². The van der Waals surface area contributed by atoms with Crippen molar-refractivity contribution in [2.45, 2.75) is 0 Å². The number of benzene rings is 2. The number of anilines is 2. The van der Waals surface area contributed by atoms with Gasteiger partial charge in [-0.15, -0.1) is 0 Å². The zero-order chi connectivity index (χ0) is 18.8. The number of allylic oxidation sites excluding steroid dienone is 4. The first kappa shape index (κ1) is 19.8. The Morgan fingerprint density at radius 2 is 1.42 bits per heavy atom. The van der Waals surface area contributed by atoms with Crippen LogP contribution in [0.5, 0.6) is 0 Å². The minimum atomic E-state index is 0.650. The van der Waals surface area contributed by atoms with E-state index in [9.17, 15) is 0 Å². The molecule has 0 fully saturated rings. The summed E-state index contributed by atoms with van der Waals surface area (Å²) in [6.45, 7) is 4.47. The minimum Gasteiger partial charge on any atom is -0.308 e. The average Bonchev–Trinajstić information content (AvgIpc) is 2.67. The molecular formula is C21H21IN4. The maximum atomic E-state index is 7.34. The number of nitrogens with zero attached hydrogens (tertiary/aromatic N) is 1. The summed E-state index contributed by atoms with van der Waals surface area (Å²) in [7, 11) is 0. The van der Waals surface area contributed by atoms with Crippen LogP contribution in [0.4, 0.5) is 11.4 Å². The fourth-order valence-corrected chi connectivity index (χ4v) is 2.43. The van der Waals surface area contributed by atoms with E-state index in [1.165, 1.54) is 12.4 Å². The molecule has 26 heavy (non-hydrogen) atoms. The maximum absolute atomic E-state index is 7.34. The van der Waals surface area contributed by atoms with Crippen LogP contribution in [0.2, 0.25) is 0 Å². The number of hydrogen-bond donors (Lipinski definition) is 3. The summed E-state index contributed by atoms with van der Waals surface area (Å²) in [4.78, 5) is 0. The van der Waals surface area contributed by atoms with Gasteiger partial charge in [-0.1, -0.05) is 49.1 Å². The van der Waals surface area contributed by atoms with E-state index >= 15 is 0 Å². The van der Waals surface area contributed by atoms with Crippen molar-refractivity contribution in [1.29, 1.82) is 10.8 Å². The highest BCUT2D eigenvalue weighted by Crippen LogP contribution is 2.23. The molecule has 5 heteroatoms. The molecule has 0 atom stereocenters. The summed E-state index contributed by atoms with van der Waals surface area (Å²) >= 11 is 2.17. The van der Waals surface area contributed by atoms with Gasteiger partial charge in [0.15, 0.2) is 0 Å². The molecule has 0 bridgehead atoms. The lowest BCUT2D eigenvalue weighted by molar-refractivity contribution is 0.775. The maximum Gasteiger partial charge on any atom is 0.0578 e. The molecule has 0 aliphatic rings. The minimum absolute atomic E-state index is 0.650. The van der Waals surface area contributed by atoms with Gasteiger partial charge in [0, 0.05) is 22.6 Å². The van der Waals surface area contributed by atoms with E-state index in [0.29, 0.717) is 6.54 Å². The molecule has 0 aromatic heterocycles. The van der Waals surface area contributed by atoms with Crippen LogP contribution in [-0.2, 0) is 0 Å². The highest BCUT2D eigenvalue weighted by molar-refractivity contribution is 14.1. The van der Waals surface area contributed by atoms with Crippen LogP contribution in [0.3, 0.4) is 0 Å². The molecule has 0 radical (unpaired) electrons. The van der Waals surface area contributed by atoms with E-state index in [2.05, 4.69) is 34.6 Å². The third-order valence-corrected chi connectivity index (χ3v) is 3.89. The van der Waals surface area contributed by atoms with Crippen molar-refractivity contribution < 1.29 is 0 Å². The van der Waals surface area contributed by atoms with Crippen LogP contribution >= 0.6 is 22.6 Å². The summed E-state index contributed by atoms with van der Waals surface area (Å²) in [5.41, 5.74) is 7.06. The van der Waals surface area contributed by atoms with Crippen LogP contribution in [0.15, 0.2) is 83.0 Å². The molecule has 2 aromatic carbocycles. The fourth-order valence-electron chi connectivity index (χ4n) is 2.22. The lowest BCUT2D eigenvalue weighted by atomic mass is 10.2. The number of hydrogen-bond acceptors (Lipinski definition) is 4. The molecule has 2 aromatic rings. The van der Waals surface area contributed by atoms with Gasteiger partial charge in [0.2, 0.25) is 0 Å². The Morgan fingerprint density at radius 1 is 0.923 bits per heavy atom. The molecule has 0 aliphatic heterocycles. The van der Waals surface area contributed by atoms with E-state index in [-0.39, 0.29) is 0 Å². The number of nitrogens with one attached hydrogen (secondary N) is 3. The summed E-state index contributed by atoms with van der Waals surface area (Å²) in [5, 5.41) is 16.7. The van der Waals surface area contributed by atoms with Crippen molar-refractivity contribution in [1.82, 2.24) is 5.43 Å². The van der Waals surface area contributed by atoms with Crippen molar-refractivity contribution in [3.8, 4) is 0 Å². The van der Waals surface area contributed by atoms with Gasteiger partial charge in [0.05, 0.1) is 11.4 Å². The normalized spacial score (nSPS) is 11.0. The van der Waals surface area contributed by atoms with Gasteiger partial charge in [0.1, 0.15) is 0 Å². The molecule has 0 aliphatic carbocycles. The van der Waals surface area contributed by atoms with E-state index < -0.39 is 0 Å². The highest BCUT2D eigenvalue weighted by Gasteiger charge is 2.08. The topological polar surface area (TPSA) is 63.0 Å². The first-order chi connectivity index (χ1) is 12.6. The van der Waals surface area contributed by atoms with Gasteiger partial charge < -0.3 is 10.8 Å². The zero-order valence-electron chi connectivity index (χ0n) is 14.3. The van der Waals surface area contributed by atoms with Gasteiger partial charge in [-0.05, 0) is 64.1 Å². The molecule has 0 unspecified atom stereocenters. The lowest BCUT2D eigenvalue weighted by Gasteiger charge is -2.25. The SMILES string of the molecule is C=C(I)/C=C\C=C\CNN(c1ccc(C=N)cc1)c1ccc(C=N)cc1. The monoisotopic (exact) mass is 456 g/mol. The molecule has 0 heterocycles. The fraction of sp³-hybridized carbons (Fsp3) is 0.0476. The predicted molar refractivity (Wildman–Crippen MR) is 120 cm³/mol. The zero-order valence-corrected chi connectivity index (χ0v) is 16.5. The average molecular weight is 456 g/mol. The van der Waals surface area contributed by atoms with Crippen molar-refractivity contribution >= 4 is 46.4 Å². The number of rotatable bonds is 9. The summed E-state index contributed by atoms with van der Waals surface area (Å²) in [6, 6.07) is 15.5. The molecule has 3 N–H and O–H groups in total. The second kappa shape index (κ2) is 10.5. The Hall–Kier alpha value is -2.51. The molecule has 4 nitrogen and oxygen atoms in total. The van der Waals surface area contributed by atoms with Crippen LogP contribution in [0.25, 0.3) is 0 Å². The largest absolute Gasteiger partial charge is 0.308 e. The second-order valence-electron chi connectivity index (χ2n) is 5.40. The molecule has 0 saturated heterocycles. The van der Waals surface area contributed by atoms with E-state index in [4.69, 9.17) is 10.8 Å². The Morgan fingerprint density at radius 3 is 1.85 bits per heavy atom. The van der Waals surface area contributed by atoms with Gasteiger partial charge in [-0.25, -0.2) is 5.43 Å². The van der Waals surface area contributed by atoms with Crippen LogP contribution in [0.1, 0.15) is 11.1 Å². The van der Waals surface area contributed by atoms with Crippen LogP contribution < -0.4 is 10.4 Å². The summed E-state index contributed by atoms with van der Waals surface area (Å²) < 4.78 is 0.986.